The highest BCUT2D eigenvalue weighted by atomic mass is 16.5. The normalized spacial score (nSPS) is 14.3. The maximum absolute atomic E-state index is 12.4. The first-order valence-electron chi connectivity index (χ1n) is 10.1. The van der Waals surface area contributed by atoms with Crippen LogP contribution in [0.3, 0.4) is 0 Å². The Labute approximate surface area is 168 Å². The fraction of sp³-hybridized carbons (Fsp3) is 0.435. The van der Waals surface area contributed by atoms with Crippen LogP contribution in [0.15, 0.2) is 48.5 Å². The first-order valence-corrected chi connectivity index (χ1v) is 10.1. The second-order valence-electron chi connectivity index (χ2n) is 7.62. The summed E-state index contributed by atoms with van der Waals surface area (Å²) in [5, 5.41) is 2.97. The Morgan fingerprint density at radius 1 is 1.07 bits per heavy atom. The molecule has 150 valence electrons. The molecule has 0 aromatic heterocycles. The van der Waals surface area contributed by atoms with E-state index in [1.165, 1.54) is 16.8 Å². The number of carbonyl (C=O) groups excluding carboxylic acids is 1. The molecule has 0 bridgehead atoms. The van der Waals surface area contributed by atoms with E-state index in [9.17, 15) is 4.79 Å². The fourth-order valence-corrected chi connectivity index (χ4v) is 3.39. The van der Waals surface area contributed by atoms with E-state index >= 15 is 0 Å². The van der Waals surface area contributed by atoms with Crippen LogP contribution in [0.25, 0.3) is 0 Å². The van der Waals surface area contributed by atoms with Crippen LogP contribution < -0.4 is 15.0 Å². The van der Waals surface area contributed by atoms with Crippen LogP contribution in [-0.2, 0) is 0 Å². The highest BCUT2D eigenvalue weighted by Gasteiger charge is 2.21. The third-order valence-corrected chi connectivity index (χ3v) is 5.11. The SMILES string of the molecule is Cc1cccc(N2CCN(C(=O)NCCOc3cccc(C(C)C)c3)CC2)c1. The van der Waals surface area contributed by atoms with Gasteiger partial charge in [-0.2, -0.15) is 0 Å². The molecule has 1 fully saturated rings. The van der Waals surface area contributed by atoms with Crippen molar-refractivity contribution in [1.29, 1.82) is 0 Å². The number of benzene rings is 2. The molecule has 1 aliphatic heterocycles. The van der Waals surface area contributed by atoms with Crippen LogP contribution in [0.2, 0.25) is 0 Å². The van der Waals surface area contributed by atoms with Gasteiger partial charge < -0.3 is 19.9 Å². The van der Waals surface area contributed by atoms with E-state index in [-0.39, 0.29) is 6.03 Å². The molecule has 28 heavy (non-hydrogen) atoms. The molecular formula is C23H31N3O2. The molecule has 2 aromatic rings. The molecule has 0 aliphatic carbocycles. The molecule has 1 heterocycles. The van der Waals surface area contributed by atoms with Gasteiger partial charge in [-0.25, -0.2) is 4.79 Å². The number of amides is 2. The number of aryl methyl sites for hydroxylation is 1. The lowest BCUT2D eigenvalue weighted by molar-refractivity contribution is 0.191. The predicted molar refractivity (Wildman–Crippen MR) is 114 cm³/mol. The van der Waals surface area contributed by atoms with Crippen molar-refractivity contribution in [3.8, 4) is 5.75 Å². The Kier molecular flexibility index (Phi) is 6.80. The van der Waals surface area contributed by atoms with Gasteiger partial charge in [-0.1, -0.05) is 38.1 Å². The number of urea groups is 1. The minimum atomic E-state index is -0.0107. The number of rotatable bonds is 6. The lowest BCUT2D eigenvalue weighted by atomic mass is 10.0. The summed E-state index contributed by atoms with van der Waals surface area (Å²) in [7, 11) is 0. The highest BCUT2D eigenvalue weighted by molar-refractivity contribution is 5.74. The molecular weight excluding hydrogens is 350 g/mol. The van der Waals surface area contributed by atoms with Crippen LogP contribution in [0.5, 0.6) is 5.75 Å². The summed E-state index contributed by atoms with van der Waals surface area (Å²) in [6.07, 6.45) is 0. The zero-order valence-corrected chi connectivity index (χ0v) is 17.1. The van der Waals surface area contributed by atoms with E-state index in [4.69, 9.17) is 4.74 Å². The summed E-state index contributed by atoms with van der Waals surface area (Å²) < 4.78 is 5.78. The van der Waals surface area contributed by atoms with E-state index in [2.05, 4.69) is 67.4 Å². The van der Waals surface area contributed by atoms with Gasteiger partial charge in [0.1, 0.15) is 12.4 Å². The minimum Gasteiger partial charge on any atom is -0.492 e. The topological polar surface area (TPSA) is 44.8 Å². The molecule has 2 amide bonds. The van der Waals surface area contributed by atoms with Crippen LogP contribution in [0.1, 0.15) is 30.9 Å². The Morgan fingerprint density at radius 2 is 1.82 bits per heavy atom. The largest absolute Gasteiger partial charge is 0.492 e. The van der Waals surface area contributed by atoms with Crippen molar-refractivity contribution in [2.75, 3.05) is 44.2 Å². The summed E-state index contributed by atoms with van der Waals surface area (Å²) in [5.41, 5.74) is 3.75. The van der Waals surface area contributed by atoms with Crippen molar-refractivity contribution in [1.82, 2.24) is 10.2 Å². The van der Waals surface area contributed by atoms with Gasteiger partial charge in [-0.3, -0.25) is 0 Å². The first kappa shape index (κ1) is 20.1. The number of anilines is 1. The van der Waals surface area contributed by atoms with Crippen LogP contribution in [0, 0.1) is 6.92 Å². The summed E-state index contributed by atoms with van der Waals surface area (Å²) in [6.45, 7) is 10.6. The average Bonchev–Trinajstić information content (AvgIpc) is 2.71. The van der Waals surface area contributed by atoms with Crippen LogP contribution in [0.4, 0.5) is 10.5 Å². The van der Waals surface area contributed by atoms with Crippen molar-refractivity contribution in [2.24, 2.45) is 0 Å². The van der Waals surface area contributed by atoms with Gasteiger partial charge in [0, 0.05) is 31.9 Å². The quantitative estimate of drug-likeness (QED) is 0.769. The maximum Gasteiger partial charge on any atom is 0.317 e. The molecule has 0 unspecified atom stereocenters. The summed E-state index contributed by atoms with van der Waals surface area (Å²) in [5.74, 6) is 1.33. The van der Waals surface area contributed by atoms with Gasteiger partial charge >= 0.3 is 6.03 Å². The van der Waals surface area contributed by atoms with Crippen molar-refractivity contribution in [3.63, 3.8) is 0 Å². The van der Waals surface area contributed by atoms with Gasteiger partial charge in [0.25, 0.3) is 0 Å². The van der Waals surface area contributed by atoms with E-state index in [1.807, 2.05) is 17.0 Å². The molecule has 2 aromatic carbocycles. The van der Waals surface area contributed by atoms with Crippen LogP contribution in [-0.4, -0.2) is 50.3 Å². The van der Waals surface area contributed by atoms with E-state index in [0.29, 0.717) is 19.1 Å². The predicted octanol–water partition coefficient (Wildman–Crippen LogP) is 4.03. The highest BCUT2D eigenvalue weighted by Crippen LogP contribution is 2.20. The standard InChI is InChI=1S/C23H31N3O2/c1-18(2)20-7-5-9-22(17-20)28-15-10-24-23(27)26-13-11-25(12-14-26)21-8-4-6-19(3)16-21/h4-9,16-18H,10-15H2,1-3H3,(H,24,27). The molecule has 1 saturated heterocycles. The molecule has 5 heteroatoms. The Morgan fingerprint density at radius 3 is 2.54 bits per heavy atom. The van der Waals surface area contributed by atoms with Crippen molar-refractivity contribution >= 4 is 11.7 Å². The Bertz CT molecular complexity index is 783. The molecule has 3 rings (SSSR count). The number of hydrogen-bond donors (Lipinski definition) is 1. The summed E-state index contributed by atoms with van der Waals surface area (Å²) >= 11 is 0. The molecule has 0 saturated carbocycles. The van der Waals surface area contributed by atoms with Gasteiger partial charge in [0.2, 0.25) is 0 Å². The number of piperazine rings is 1. The van der Waals surface area contributed by atoms with Crippen molar-refractivity contribution in [3.05, 3.63) is 59.7 Å². The first-order chi connectivity index (χ1) is 13.5. The fourth-order valence-electron chi connectivity index (χ4n) is 3.39. The smallest absolute Gasteiger partial charge is 0.317 e. The van der Waals surface area contributed by atoms with Gasteiger partial charge in [0.15, 0.2) is 0 Å². The minimum absolute atomic E-state index is 0.0107. The van der Waals surface area contributed by atoms with Gasteiger partial charge in [0.05, 0.1) is 6.54 Å². The van der Waals surface area contributed by atoms with E-state index in [1.54, 1.807) is 0 Å². The van der Waals surface area contributed by atoms with E-state index in [0.717, 1.165) is 31.9 Å². The summed E-state index contributed by atoms with van der Waals surface area (Å²) in [6, 6.07) is 16.6. The monoisotopic (exact) mass is 381 g/mol. The molecule has 1 aliphatic rings. The van der Waals surface area contributed by atoms with Gasteiger partial charge in [-0.05, 0) is 48.2 Å². The van der Waals surface area contributed by atoms with Crippen molar-refractivity contribution in [2.45, 2.75) is 26.7 Å². The second-order valence-corrected chi connectivity index (χ2v) is 7.62. The third-order valence-electron chi connectivity index (χ3n) is 5.11. The molecule has 5 nitrogen and oxygen atoms in total. The number of nitrogens with one attached hydrogen (secondary N) is 1. The third kappa shape index (κ3) is 5.41. The van der Waals surface area contributed by atoms with Crippen LogP contribution >= 0.6 is 0 Å². The molecule has 0 spiro atoms. The maximum atomic E-state index is 12.4. The zero-order chi connectivity index (χ0) is 19.9. The average molecular weight is 382 g/mol. The Hall–Kier alpha value is -2.69. The molecule has 1 N–H and O–H groups in total. The van der Waals surface area contributed by atoms with Crippen molar-refractivity contribution < 1.29 is 9.53 Å². The number of carbonyl (C=O) groups is 1. The van der Waals surface area contributed by atoms with Gasteiger partial charge in [-0.15, -0.1) is 0 Å². The second kappa shape index (κ2) is 9.49. The molecule has 0 atom stereocenters. The number of nitrogens with zero attached hydrogens (tertiary/aromatic N) is 2. The number of hydrogen-bond acceptors (Lipinski definition) is 3. The lowest BCUT2D eigenvalue weighted by Gasteiger charge is -2.36. The number of ether oxygens (including phenoxy) is 1. The summed E-state index contributed by atoms with van der Waals surface area (Å²) in [4.78, 5) is 16.6. The zero-order valence-electron chi connectivity index (χ0n) is 17.1. The van der Waals surface area contributed by atoms with E-state index < -0.39 is 0 Å². The Balaban J connectivity index is 1.38. The lowest BCUT2D eigenvalue weighted by Crippen LogP contribution is -2.52. The molecule has 0 radical (unpaired) electrons.